The number of carbonyl (C=O) groups excluding carboxylic acids is 2. The number of benzene rings is 2. The Balaban J connectivity index is 1.78. The number of aryl methyl sites for hydroxylation is 2. The van der Waals surface area contributed by atoms with E-state index >= 15 is 0 Å². The number of anilines is 1. The summed E-state index contributed by atoms with van der Waals surface area (Å²) in [4.78, 5) is 31.5. The highest BCUT2D eigenvalue weighted by Gasteiger charge is 2.44. The second-order valence-electron chi connectivity index (χ2n) is 6.05. The van der Waals surface area contributed by atoms with Crippen molar-refractivity contribution in [3.63, 3.8) is 0 Å². The Morgan fingerprint density at radius 2 is 1.58 bits per heavy atom. The maximum Gasteiger partial charge on any atom is 0.270 e. The normalized spacial score (nSPS) is 14.3. The first-order valence-corrected chi connectivity index (χ1v) is 7.67. The molecular formula is C19H12N2O3. The summed E-state index contributed by atoms with van der Waals surface area (Å²) in [5, 5.41) is 0.771. The van der Waals surface area contributed by atoms with Gasteiger partial charge in [-0.05, 0) is 49.2 Å². The predicted octanol–water partition coefficient (Wildman–Crippen LogP) is 3.84. The smallest absolute Gasteiger partial charge is 0.270 e. The Labute approximate surface area is 136 Å². The van der Waals surface area contributed by atoms with Crippen LogP contribution < -0.4 is 4.90 Å². The van der Waals surface area contributed by atoms with Gasteiger partial charge in [0.25, 0.3) is 11.8 Å². The highest BCUT2D eigenvalue weighted by atomic mass is 16.3. The van der Waals surface area contributed by atoms with Crippen LogP contribution >= 0.6 is 0 Å². The minimum atomic E-state index is -0.330. The Hall–Kier alpha value is -3.21. The number of nitrogens with zero attached hydrogens (tertiary/aromatic N) is 2. The number of carbonyl (C=O) groups is 2. The van der Waals surface area contributed by atoms with Crippen molar-refractivity contribution in [2.75, 3.05) is 4.90 Å². The highest BCUT2D eigenvalue weighted by molar-refractivity contribution is 6.40. The van der Waals surface area contributed by atoms with E-state index in [1.807, 2.05) is 26.0 Å². The molecule has 2 bridgehead atoms. The predicted molar refractivity (Wildman–Crippen MR) is 89.8 cm³/mol. The van der Waals surface area contributed by atoms with Crippen molar-refractivity contribution < 1.29 is 14.0 Å². The molecule has 4 heterocycles. The minimum absolute atomic E-state index is 0.330. The molecule has 0 radical (unpaired) electrons. The van der Waals surface area contributed by atoms with E-state index in [2.05, 4.69) is 4.98 Å². The van der Waals surface area contributed by atoms with Gasteiger partial charge in [-0.15, -0.1) is 0 Å². The first-order valence-electron chi connectivity index (χ1n) is 7.67. The number of furan rings is 2. The lowest BCUT2D eigenvalue weighted by Crippen LogP contribution is -2.29. The van der Waals surface area contributed by atoms with Crippen molar-refractivity contribution in [1.29, 1.82) is 0 Å². The number of aromatic nitrogens is 1. The number of hydrogen-bond donors (Lipinski definition) is 0. The van der Waals surface area contributed by atoms with Crippen LogP contribution in [0.3, 0.4) is 0 Å². The van der Waals surface area contributed by atoms with Crippen LogP contribution in [-0.2, 0) is 0 Å². The molecule has 116 valence electrons. The van der Waals surface area contributed by atoms with Crippen LogP contribution in [0.5, 0.6) is 0 Å². The topological polar surface area (TPSA) is 63.4 Å². The summed E-state index contributed by atoms with van der Waals surface area (Å²) in [5.41, 5.74) is 4.97. The van der Waals surface area contributed by atoms with Gasteiger partial charge in [-0.2, -0.15) is 0 Å². The molecule has 0 saturated carbocycles. The molecule has 0 saturated heterocycles. The van der Waals surface area contributed by atoms with E-state index in [1.165, 1.54) is 4.90 Å². The van der Waals surface area contributed by atoms with Gasteiger partial charge in [-0.25, -0.2) is 4.90 Å². The van der Waals surface area contributed by atoms with E-state index in [4.69, 9.17) is 4.42 Å². The number of rotatable bonds is 1. The van der Waals surface area contributed by atoms with Crippen LogP contribution in [0.25, 0.3) is 22.1 Å². The standard InChI is InChI=1S/C19H12N2O3/c1-9-10(2)17-15-14(16(9)24-17)18(22)21(19(15)23)13-7-3-6-12-11(13)5-4-8-20-12/h3-8H,1-2H3. The third-order valence-corrected chi connectivity index (χ3v) is 4.85. The molecule has 1 aliphatic heterocycles. The van der Waals surface area contributed by atoms with Gasteiger partial charge in [0.15, 0.2) is 0 Å². The van der Waals surface area contributed by atoms with Crippen LogP contribution in [0, 0.1) is 13.8 Å². The second kappa shape index (κ2) is 4.20. The average Bonchev–Trinajstić information content (AvgIpc) is 3.20. The molecule has 5 rings (SSSR count). The van der Waals surface area contributed by atoms with Gasteiger partial charge in [0.1, 0.15) is 11.2 Å². The van der Waals surface area contributed by atoms with E-state index < -0.39 is 0 Å². The monoisotopic (exact) mass is 316 g/mol. The van der Waals surface area contributed by atoms with Gasteiger partial charge >= 0.3 is 0 Å². The van der Waals surface area contributed by atoms with Gasteiger partial charge in [0.2, 0.25) is 0 Å². The first kappa shape index (κ1) is 13.2. The zero-order valence-corrected chi connectivity index (χ0v) is 13.1. The molecule has 24 heavy (non-hydrogen) atoms. The molecule has 5 nitrogen and oxygen atoms in total. The van der Waals surface area contributed by atoms with Crippen LogP contribution in [-0.4, -0.2) is 16.8 Å². The molecule has 2 amide bonds. The van der Waals surface area contributed by atoms with E-state index in [9.17, 15) is 9.59 Å². The fraction of sp³-hybridized carbons (Fsp3) is 0.105. The van der Waals surface area contributed by atoms with E-state index in [1.54, 1.807) is 24.4 Å². The van der Waals surface area contributed by atoms with Crippen molar-refractivity contribution in [2.24, 2.45) is 0 Å². The number of pyridine rings is 1. The first-order chi connectivity index (χ1) is 11.6. The second-order valence-corrected chi connectivity index (χ2v) is 6.05. The summed E-state index contributed by atoms with van der Waals surface area (Å²) in [6.45, 7) is 3.81. The third-order valence-electron chi connectivity index (χ3n) is 4.85. The fourth-order valence-electron chi connectivity index (χ4n) is 3.52. The van der Waals surface area contributed by atoms with Crippen molar-refractivity contribution in [1.82, 2.24) is 4.98 Å². The average molecular weight is 316 g/mol. The molecule has 0 atom stereocenters. The molecule has 1 aliphatic rings. The van der Waals surface area contributed by atoms with Crippen molar-refractivity contribution in [3.05, 3.63) is 58.8 Å². The summed E-state index contributed by atoms with van der Waals surface area (Å²) in [6.07, 6.45) is 1.69. The molecular weight excluding hydrogens is 304 g/mol. The van der Waals surface area contributed by atoms with Crippen molar-refractivity contribution >= 4 is 39.6 Å². The lowest BCUT2D eigenvalue weighted by molar-refractivity contribution is 0.0926. The van der Waals surface area contributed by atoms with Crippen LogP contribution in [0.15, 0.2) is 40.9 Å². The van der Waals surface area contributed by atoms with Crippen molar-refractivity contribution in [3.8, 4) is 0 Å². The molecule has 0 N–H and O–H groups in total. The van der Waals surface area contributed by atoms with Gasteiger partial charge in [-0.1, -0.05) is 6.07 Å². The molecule has 0 fully saturated rings. The zero-order valence-electron chi connectivity index (χ0n) is 13.1. The van der Waals surface area contributed by atoms with E-state index in [-0.39, 0.29) is 11.8 Å². The van der Waals surface area contributed by atoms with Gasteiger partial charge in [0.05, 0.1) is 22.3 Å². The number of amides is 2. The summed E-state index contributed by atoms with van der Waals surface area (Å²) in [6, 6.07) is 9.09. The van der Waals surface area contributed by atoms with Gasteiger partial charge in [0, 0.05) is 11.6 Å². The quantitative estimate of drug-likeness (QED) is 0.501. The van der Waals surface area contributed by atoms with Gasteiger partial charge < -0.3 is 4.42 Å². The van der Waals surface area contributed by atoms with E-state index in [0.717, 1.165) is 22.0 Å². The number of hydrogen-bond acceptors (Lipinski definition) is 4. The fourth-order valence-corrected chi connectivity index (χ4v) is 3.52. The minimum Gasteiger partial charge on any atom is -0.455 e. The van der Waals surface area contributed by atoms with Crippen LogP contribution in [0.4, 0.5) is 5.69 Å². The highest BCUT2D eigenvalue weighted by Crippen LogP contribution is 2.43. The Kier molecular flexibility index (Phi) is 2.32. The Bertz CT molecular complexity index is 1120. The summed E-state index contributed by atoms with van der Waals surface area (Å²) >= 11 is 0. The molecule has 3 aromatic heterocycles. The molecule has 4 aromatic rings. The molecule has 0 spiro atoms. The Morgan fingerprint density at radius 3 is 2.25 bits per heavy atom. The molecule has 1 aromatic carbocycles. The molecule has 0 unspecified atom stereocenters. The van der Waals surface area contributed by atoms with Gasteiger partial charge in [-0.3, -0.25) is 14.6 Å². The Morgan fingerprint density at radius 1 is 0.917 bits per heavy atom. The third kappa shape index (κ3) is 1.37. The van der Waals surface area contributed by atoms with Crippen LogP contribution in [0.1, 0.15) is 31.8 Å². The zero-order chi connectivity index (χ0) is 16.6. The lowest BCUT2D eigenvalue weighted by atomic mass is 10.0. The SMILES string of the molecule is Cc1c(C)c2oc1c1c2C(=O)N(c2cccc3ncccc23)C1=O. The summed E-state index contributed by atoms with van der Waals surface area (Å²) < 4.78 is 5.68. The lowest BCUT2D eigenvalue weighted by Gasteiger charge is -2.16. The maximum absolute atomic E-state index is 13.0. The number of imide groups is 1. The largest absolute Gasteiger partial charge is 0.455 e. The van der Waals surface area contributed by atoms with Crippen LogP contribution in [0.2, 0.25) is 0 Å². The molecule has 0 aliphatic carbocycles. The van der Waals surface area contributed by atoms with E-state index in [0.29, 0.717) is 28.0 Å². The number of fused-ring (bicyclic) bond motifs is 6. The summed E-state index contributed by atoms with van der Waals surface area (Å²) in [5.74, 6) is -0.661. The molecule has 5 heteroatoms. The maximum atomic E-state index is 13.0. The van der Waals surface area contributed by atoms with Crippen molar-refractivity contribution in [2.45, 2.75) is 13.8 Å². The summed E-state index contributed by atoms with van der Waals surface area (Å²) in [7, 11) is 0.